The number of rotatable bonds is 7. The van der Waals surface area contributed by atoms with Crippen LogP contribution in [0.25, 0.3) is 0 Å². The fraction of sp³-hybridized carbons (Fsp3) is 0.700. The lowest BCUT2D eigenvalue weighted by Crippen LogP contribution is -2.10. The number of hydrogen-bond donors (Lipinski definition) is 0. The molecule has 13 heavy (non-hydrogen) atoms. The van der Waals surface area contributed by atoms with E-state index in [1.54, 1.807) is 13.0 Å². The number of halogens is 1. The molecule has 0 radical (unpaired) electrons. The summed E-state index contributed by atoms with van der Waals surface area (Å²) in [5.41, 5.74) is 0. The Kier molecular flexibility index (Phi) is 7.80. The first-order valence-corrected chi connectivity index (χ1v) is 5.12. The molecule has 0 saturated carbocycles. The van der Waals surface area contributed by atoms with Gasteiger partial charge in [0.2, 0.25) is 0 Å². The van der Waals surface area contributed by atoms with Crippen LogP contribution in [0.15, 0.2) is 12.7 Å². The Labute approximate surface area is 84.9 Å². The van der Waals surface area contributed by atoms with E-state index in [0.717, 1.165) is 12.8 Å². The van der Waals surface area contributed by atoms with Crippen molar-refractivity contribution in [2.24, 2.45) is 5.92 Å². The Hall–Kier alpha value is -0.500. The molecule has 0 aliphatic rings. The number of esters is 1. The SMILES string of the molecule is C=CC(CCCCl)CC(=O)OCC. The molecule has 1 atom stereocenters. The third kappa shape index (κ3) is 6.64. The van der Waals surface area contributed by atoms with Gasteiger partial charge in [-0.3, -0.25) is 4.79 Å². The summed E-state index contributed by atoms with van der Waals surface area (Å²) in [5.74, 6) is 0.687. The molecule has 3 heteroatoms. The fourth-order valence-electron chi connectivity index (χ4n) is 1.08. The predicted octanol–water partition coefficient (Wildman–Crippen LogP) is 2.76. The molecule has 0 N–H and O–H groups in total. The monoisotopic (exact) mass is 204 g/mol. The van der Waals surface area contributed by atoms with E-state index in [2.05, 4.69) is 6.58 Å². The Balaban J connectivity index is 3.69. The van der Waals surface area contributed by atoms with Gasteiger partial charge in [-0.1, -0.05) is 6.08 Å². The molecule has 0 bridgehead atoms. The molecule has 2 nitrogen and oxygen atoms in total. The maximum absolute atomic E-state index is 11.1. The first-order valence-electron chi connectivity index (χ1n) is 4.58. The van der Waals surface area contributed by atoms with E-state index in [-0.39, 0.29) is 11.9 Å². The van der Waals surface area contributed by atoms with E-state index in [1.165, 1.54) is 0 Å². The summed E-state index contributed by atoms with van der Waals surface area (Å²) in [7, 11) is 0. The van der Waals surface area contributed by atoms with Crippen molar-refractivity contribution >= 4 is 17.6 Å². The number of ether oxygens (including phenoxy) is 1. The van der Waals surface area contributed by atoms with Gasteiger partial charge in [0.15, 0.2) is 0 Å². The van der Waals surface area contributed by atoms with Gasteiger partial charge in [-0.25, -0.2) is 0 Å². The molecule has 0 amide bonds. The maximum Gasteiger partial charge on any atom is 0.306 e. The zero-order valence-corrected chi connectivity index (χ0v) is 8.85. The van der Waals surface area contributed by atoms with Crippen LogP contribution in [0.3, 0.4) is 0 Å². The smallest absolute Gasteiger partial charge is 0.306 e. The van der Waals surface area contributed by atoms with Gasteiger partial charge < -0.3 is 4.74 Å². The normalized spacial score (nSPS) is 12.2. The summed E-state index contributed by atoms with van der Waals surface area (Å²) in [6.07, 6.45) is 4.04. The quantitative estimate of drug-likeness (QED) is 0.362. The van der Waals surface area contributed by atoms with Crippen molar-refractivity contribution in [1.29, 1.82) is 0 Å². The fourth-order valence-corrected chi connectivity index (χ4v) is 1.23. The van der Waals surface area contributed by atoms with Gasteiger partial charge in [0.05, 0.1) is 13.0 Å². The Morgan fingerprint density at radius 2 is 2.38 bits per heavy atom. The van der Waals surface area contributed by atoms with Gasteiger partial charge in [0.1, 0.15) is 0 Å². The van der Waals surface area contributed by atoms with E-state index in [1.807, 2.05) is 0 Å². The second-order valence-electron chi connectivity index (χ2n) is 2.84. The topological polar surface area (TPSA) is 26.3 Å². The lowest BCUT2D eigenvalue weighted by molar-refractivity contribution is -0.143. The predicted molar refractivity (Wildman–Crippen MR) is 54.9 cm³/mol. The second-order valence-corrected chi connectivity index (χ2v) is 3.21. The van der Waals surface area contributed by atoms with Crippen molar-refractivity contribution in [1.82, 2.24) is 0 Å². The summed E-state index contributed by atoms with van der Waals surface area (Å²) >= 11 is 5.55. The number of allylic oxidation sites excluding steroid dienone is 1. The number of hydrogen-bond acceptors (Lipinski definition) is 2. The highest BCUT2D eigenvalue weighted by molar-refractivity contribution is 6.17. The first kappa shape index (κ1) is 12.5. The van der Waals surface area contributed by atoms with Crippen LogP contribution in [0.4, 0.5) is 0 Å². The molecule has 0 spiro atoms. The molecule has 0 aromatic rings. The summed E-state index contributed by atoms with van der Waals surface area (Å²) in [6, 6.07) is 0. The average molecular weight is 205 g/mol. The highest BCUT2D eigenvalue weighted by Crippen LogP contribution is 2.13. The Bertz CT molecular complexity index is 157. The first-order chi connectivity index (χ1) is 6.24. The molecule has 0 aliphatic heterocycles. The van der Waals surface area contributed by atoms with Crippen LogP contribution in [0.2, 0.25) is 0 Å². The molecule has 0 aromatic heterocycles. The van der Waals surface area contributed by atoms with Gasteiger partial charge in [-0.2, -0.15) is 0 Å². The summed E-state index contributed by atoms with van der Waals surface area (Å²) < 4.78 is 4.83. The highest BCUT2D eigenvalue weighted by atomic mass is 35.5. The van der Waals surface area contributed by atoms with Crippen LogP contribution in [0, 0.1) is 5.92 Å². The van der Waals surface area contributed by atoms with E-state index < -0.39 is 0 Å². The lowest BCUT2D eigenvalue weighted by atomic mass is 10.0. The van der Waals surface area contributed by atoms with Gasteiger partial charge in [-0.05, 0) is 25.7 Å². The largest absolute Gasteiger partial charge is 0.466 e. The highest BCUT2D eigenvalue weighted by Gasteiger charge is 2.10. The van der Waals surface area contributed by atoms with Crippen LogP contribution in [0.5, 0.6) is 0 Å². The van der Waals surface area contributed by atoms with Crippen LogP contribution in [-0.2, 0) is 9.53 Å². The Morgan fingerprint density at radius 3 is 2.85 bits per heavy atom. The van der Waals surface area contributed by atoms with Gasteiger partial charge >= 0.3 is 5.97 Å². The molecule has 0 saturated heterocycles. The van der Waals surface area contributed by atoms with E-state index >= 15 is 0 Å². The molecule has 1 unspecified atom stereocenters. The lowest BCUT2D eigenvalue weighted by Gasteiger charge is -2.09. The van der Waals surface area contributed by atoms with Crippen molar-refractivity contribution < 1.29 is 9.53 Å². The molecule has 0 fully saturated rings. The van der Waals surface area contributed by atoms with Crippen LogP contribution in [-0.4, -0.2) is 18.5 Å². The third-order valence-corrected chi connectivity index (χ3v) is 2.04. The molecule has 0 heterocycles. The second kappa shape index (κ2) is 8.11. The minimum Gasteiger partial charge on any atom is -0.466 e. The number of carbonyl (C=O) groups excluding carboxylic acids is 1. The summed E-state index contributed by atoms with van der Waals surface area (Å²) in [6.45, 7) is 5.92. The molecule has 0 aliphatic carbocycles. The van der Waals surface area contributed by atoms with E-state index in [9.17, 15) is 4.79 Å². The number of alkyl halides is 1. The van der Waals surface area contributed by atoms with Crippen molar-refractivity contribution in [2.45, 2.75) is 26.2 Å². The van der Waals surface area contributed by atoms with E-state index in [0.29, 0.717) is 18.9 Å². The molecular weight excluding hydrogens is 188 g/mol. The van der Waals surface area contributed by atoms with Crippen molar-refractivity contribution in [3.05, 3.63) is 12.7 Å². The molecule has 0 aromatic carbocycles. The number of carbonyl (C=O) groups is 1. The van der Waals surface area contributed by atoms with Gasteiger partial charge in [0.25, 0.3) is 0 Å². The zero-order chi connectivity index (χ0) is 10.1. The zero-order valence-electron chi connectivity index (χ0n) is 8.09. The van der Waals surface area contributed by atoms with E-state index in [4.69, 9.17) is 16.3 Å². The van der Waals surface area contributed by atoms with Crippen LogP contribution < -0.4 is 0 Å². The molecular formula is C10H17ClO2. The average Bonchev–Trinajstić information content (AvgIpc) is 2.12. The standard InChI is InChI=1S/C10H17ClO2/c1-3-9(6-5-7-11)8-10(12)13-4-2/h3,9H,1,4-8H2,2H3. The maximum atomic E-state index is 11.1. The minimum atomic E-state index is -0.151. The summed E-state index contributed by atoms with van der Waals surface area (Å²) in [5, 5.41) is 0. The Morgan fingerprint density at radius 1 is 1.69 bits per heavy atom. The van der Waals surface area contributed by atoms with Crippen molar-refractivity contribution in [3.63, 3.8) is 0 Å². The summed E-state index contributed by atoms with van der Waals surface area (Å²) in [4.78, 5) is 11.1. The van der Waals surface area contributed by atoms with Gasteiger partial charge in [0, 0.05) is 5.88 Å². The van der Waals surface area contributed by atoms with Gasteiger partial charge in [-0.15, -0.1) is 18.2 Å². The van der Waals surface area contributed by atoms with Crippen LogP contribution >= 0.6 is 11.6 Å². The van der Waals surface area contributed by atoms with Crippen molar-refractivity contribution in [3.8, 4) is 0 Å². The van der Waals surface area contributed by atoms with Crippen LogP contribution in [0.1, 0.15) is 26.2 Å². The third-order valence-electron chi connectivity index (χ3n) is 1.78. The molecule has 76 valence electrons. The molecule has 0 rings (SSSR count). The minimum absolute atomic E-state index is 0.151. The van der Waals surface area contributed by atoms with Crippen molar-refractivity contribution in [2.75, 3.05) is 12.5 Å².